The van der Waals surface area contributed by atoms with Crippen LogP contribution in [0.2, 0.25) is 0 Å². The van der Waals surface area contributed by atoms with Crippen molar-refractivity contribution in [1.82, 2.24) is 10.6 Å². The van der Waals surface area contributed by atoms with Crippen LogP contribution in [0, 0.1) is 0 Å². The summed E-state index contributed by atoms with van der Waals surface area (Å²) >= 11 is 3.19. The van der Waals surface area contributed by atoms with E-state index in [-0.39, 0.29) is 0 Å². The molecule has 1 radical (unpaired) electrons. The molecule has 0 unspecified atom stereocenters. The second kappa shape index (κ2) is 1.51. The van der Waals surface area contributed by atoms with E-state index in [1.54, 1.807) is 6.20 Å². The molecule has 1 rings (SSSR count). The Hall–Kier alpha value is -0.180. The zero-order valence-electron chi connectivity index (χ0n) is 3.11. The van der Waals surface area contributed by atoms with Crippen molar-refractivity contribution >= 4 is 15.9 Å². The Morgan fingerprint density at radius 2 is 2.83 bits per heavy atom. The fourth-order valence-corrected chi connectivity index (χ4v) is 0.563. The molecule has 0 spiro atoms. The normalized spacial score (nSPS) is 18.5. The number of nitrogens with zero attached hydrogens (tertiary/aromatic N) is 1. The molecule has 0 amide bonds. The monoisotopic (exact) mass is 147 g/mol. The van der Waals surface area contributed by atoms with Crippen LogP contribution in [0.15, 0.2) is 10.8 Å². The Morgan fingerprint density at radius 1 is 2.00 bits per heavy atom. The molecule has 0 aromatic carbocycles. The Labute approximate surface area is 44.7 Å². The smallest absolute Gasteiger partial charge is 0.108 e. The summed E-state index contributed by atoms with van der Waals surface area (Å²) in [7, 11) is 0. The van der Waals surface area contributed by atoms with Gasteiger partial charge in [0.1, 0.15) is 6.67 Å². The molecule has 0 aromatic heterocycles. The maximum absolute atomic E-state index is 3.84. The molecule has 0 aliphatic carbocycles. The van der Waals surface area contributed by atoms with E-state index in [4.69, 9.17) is 0 Å². The van der Waals surface area contributed by atoms with Gasteiger partial charge in [0.05, 0.1) is 10.8 Å². The molecule has 0 fully saturated rings. The predicted molar refractivity (Wildman–Crippen MR) is 27.1 cm³/mol. The van der Waals surface area contributed by atoms with Gasteiger partial charge in [-0.1, -0.05) is 0 Å². The van der Waals surface area contributed by atoms with Gasteiger partial charge in [0.25, 0.3) is 0 Å². The molecule has 3 heteroatoms. The highest BCUT2D eigenvalue weighted by molar-refractivity contribution is 9.11. The van der Waals surface area contributed by atoms with Gasteiger partial charge in [-0.25, -0.2) is 0 Å². The second-order valence-electron chi connectivity index (χ2n) is 0.995. The van der Waals surface area contributed by atoms with E-state index in [0.717, 1.165) is 11.3 Å². The SMILES string of the molecule is BrC1=C[N]CN1. The average Bonchev–Trinajstić information content (AvgIpc) is 1.86. The van der Waals surface area contributed by atoms with E-state index < -0.39 is 0 Å². The van der Waals surface area contributed by atoms with Crippen LogP contribution in [0.5, 0.6) is 0 Å². The van der Waals surface area contributed by atoms with Crippen LogP contribution < -0.4 is 10.6 Å². The summed E-state index contributed by atoms with van der Waals surface area (Å²) in [5.41, 5.74) is 0. The molecular weight excluding hydrogens is 144 g/mol. The highest BCUT2D eigenvalue weighted by Gasteiger charge is 1.94. The third kappa shape index (κ3) is 0.653. The van der Waals surface area contributed by atoms with E-state index in [1.165, 1.54) is 0 Å². The van der Waals surface area contributed by atoms with Crippen molar-refractivity contribution in [3.63, 3.8) is 0 Å². The first kappa shape index (κ1) is 3.99. The average molecular weight is 148 g/mol. The third-order valence-corrected chi connectivity index (χ3v) is 1.03. The van der Waals surface area contributed by atoms with Crippen LogP contribution in [-0.4, -0.2) is 6.67 Å². The summed E-state index contributed by atoms with van der Waals surface area (Å²) in [5, 5.41) is 6.77. The first-order valence-electron chi connectivity index (χ1n) is 1.66. The highest BCUT2D eigenvalue weighted by Crippen LogP contribution is 2.00. The molecule has 0 bridgehead atoms. The molecule has 1 aliphatic heterocycles. The number of hydrogen-bond acceptors (Lipinski definition) is 1. The standard InChI is InChI=1S/C3H4BrN2/c4-3-1-5-2-6-3/h1,6H,2H2. The minimum atomic E-state index is 0.723. The molecule has 0 saturated heterocycles. The van der Waals surface area contributed by atoms with Crippen molar-refractivity contribution in [2.75, 3.05) is 6.67 Å². The number of halogens is 1. The summed E-state index contributed by atoms with van der Waals surface area (Å²) in [5.74, 6) is 0. The summed E-state index contributed by atoms with van der Waals surface area (Å²) in [6, 6.07) is 0. The van der Waals surface area contributed by atoms with Gasteiger partial charge in [0, 0.05) is 0 Å². The van der Waals surface area contributed by atoms with Crippen LogP contribution in [0.25, 0.3) is 0 Å². The van der Waals surface area contributed by atoms with Gasteiger partial charge < -0.3 is 5.32 Å². The molecular formula is C3H4BrN2. The molecule has 0 saturated carbocycles. The van der Waals surface area contributed by atoms with Crippen LogP contribution in [0.1, 0.15) is 0 Å². The van der Waals surface area contributed by atoms with E-state index in [0.29, 0.717) is 0 Å². The third-order valence-electron chi connectivity index (χ3n) is 0.544. The second-order valence-corrected chi connectivity index (χ2v) is 1.85. The molecule has 1 aliphatic rings. The van der Waals surface area contributed by atoms with Gasteiger partial charge in [0.2, 0.25) is 0 Å². The van der Waals surface area contributed by atoms with Crippen molar-refractivity contribution in [1.29, 1.82) is 0 Å². The molecule has 1 heterocycles. The van der Waals surface area contributed by atoms with E-state index >= 15 is 0 Å². The summed E-state index contributed by atoms with van der Waals surface area (Å²) in [6.07, 6.45) is 1.75. The molecule has 0 aromatic rings. The summed E-state index contributed by atoms with van der Waals surface area (Å²) in [6.45, 7) is 0.723. The van der Waals surface area contributed by atoms with Crippen molar-refractivity contribution in [2.45, 2.75) is 0 Å². The van der Waals surface area contributed by atoms with E-state index in [1.807, 2.05) is 0 Å². The quantitative estimate of drug-likeness (QED) is 0.492. The van der Waals surface area contributed by atoms with Crippen molar-refractivity contribution in [3.05, 3.63) is 10.8 Å². The Kier molecular flexibility index (Phi) is 1.01. The Bertz CT molecular complexity index is 78.9. The van der Waals surface area contributed by atoms with Gasteiger partial charge in [0.15, 0.2) is 0 Å². The molecule has 33 valence electrons. The Balaban J connectivity index is 2.45. The van der Waals surface area contributed by atoms with Gasteiger partial charge in [-0.15, -0.1) is 0 Å². The van der Waals surface area contributed by atoms with Gasteiger partial charge >= 0.3 is 0 Å². The number of hydrogen-bond donors (Lipinski definition) is 1. The fourth-order valence-electron chi connectivity index (χ4n) is 0.293. The van der Waals surface area contributed by atoms with Crippen LogP contribution >= 0.6 is 15.9 Å². The highest BCUT2D eigenvalue weighted by atomic mass is 79.9. The zero-order valence-corrected chi connectivity index (χ0v) is 4.70. The largest absolute Gasteiger partial charge is 0.359 e. The topological polar surface area (TPSA) is 26.1 Å². The van der Waals surface area contributed by atoms with Gasteiger partial charge in [-0.3, -0.25) is 5.32 Å². The predicted octanol–water partition coefficient (Wildman–Crippen LogP) is 0.345. The zero-order chi connectivity index (χ0) is 4.41. The number of rotatable bonds is 0. The Morgan fingerprint density at radius 3 is 3.00 bits per heavy atom. The number of nitrogens with one attached hydrogen (secondary N) is 1. The minimum Gasteiger partial charge on any atom is -0.359 e. The van der Waals surface area contributed by atoms with Crippen molar-refractivity contribution < 1.29 is 0 Å². The van der Waals surface area contributed by atoms with Crippen molar-refractivity contribution in [2.24, 2.45) is 0 Å². The maximum atomic E-state index is 3.84. The first-order valence-corrected chi connectivity index (χ1v) is 2.45. The molecule has 0 atom stereocenters. The van der Waals surface area contributed by atoms with Crippen molar-refractivity contribution in [3.8, 4) is 0 Å². The first-order chi connectivity index (χ1) is 2.89. The van der Waals surface area contributed by atoms with Crippen LogP contribution in [-0.2, 0) is 0 Å². The maximum Gasteiger partial charge on any atom is 0.108 e. The minimum absolute atomic E-state index is 0.723. The molecule has 2 nitrogen and oxygen atoms in total. The molecule has 1 N–H and O–H groups in total. The van der Waals surface area contributed by atoms with E-state index in [2.05, 4.69) is 26.6 Å². The van der Waals surface area contributed by atoms with Crippen LogP contribution in [0.3, 0.4) is 0 Å². The van der Waals surface area contributed by atoms with E-state index in [9.17, 15) is 0 Å². The lowest BCUT2D eigenvalue weighted by Crippen LogP contribution is -2.07. The lowest BCUT2D eigenvalue weighted by atomic mass is 11.0. The summed E-state index contributed by atoms with van der Waals surface area (Å²) < 4.78 is 0.975. The fraction of sp³-hybridized carbons (Fsp3) is 0.333. The van der Waals surface area contributed by atoms with Crippen LogP contribution in [0.4, 0.5) is 0 Å². The lowest BCUT2D eigenvalue weighted by Gasteiger charge is -1.84. The van der Waals surface area contributed by atoms with Gasteiger partial charge in [-0.05, 0) is 15.9 Å². The van der Waals surface area contributed by atoms with Gasteiger partial charge in [-0.2, -0.15) is 0 Å². The summed E-state index contributed by atoms with van der Waals surface area (Å²) in [4.78, 5) is 0. The molecule has 6 heavy (non-hydrogen) atoms. The lowest BCUT2D eigenvalue weighted by molar-refractivity contribution is 0.820.